The summed E-state index contributed by atoms with van der Waals surface area (Å²) in [5.41, 5.74) is 5.62. The van der Waals surface area contributed by atoms with Gasteiger partial charge in [-0.15, -0.1) is 0 Å². The molecule has 4 nitrogen and oxygen atoms in total. The first kappa shape index (κ1) is 19.0. The number of hydrogen-bond donors (Lipinski definition) is 2. The zero-order valence-corrected chi connectivity index (χ0v) is 17.5. The Morgan fingerprint density at radius 1 is 0.690 bits per heavy atom. The Morgan fingerprint density at radius 3 is 2.00 bits per heavy atom. The van der Waals surface area contributed by atoms with E-state index in [-0.39, 0.29) is 0 Å². The molecule has 2 N–H and O–H groups in total. The van der Waals surface area contributed by atoms with E-state index < -0.39 is 0 Å². The van der Waals surface area contributed by atoms with Crippen molar-refractivity contribution in [3.8, 4) is 17.0 Å². The second-order valence-corrected chi connectivity index (χ2v) is 7.23. The molecule has 0 unspecified atom stereocenters. The molecule has 0 aliphatic heterocycles. The summed E-state index contributed by atoms with van der Waals surface area (Å²) < 4.78 is 6.50. The smallest absolute Gasteiger partial charge is 0.142 e. The highest BCUT2D eigenvalue weighted by atomic mass is 79.9. The number of anilines is 4. The predicted molar refractivity (Wildman–Crippen MR) is 123 cm³/mol. The molecule has 0 saturated heterocycles. The number of methoxy groups -OCH3 is 1. The van der Waals surface area contributed by atoms with Crippen LogP contribution in [0.1, 0.15) is 0 Å². The van der Waals surface area contributed by atoms with E-state index in [1.165, 1.54) is 0 Å². The van der Waals surface area contributed by atoms with Crippen LogP contribution in [-0.4, -0.2) is 12.1 Å². The molecule has 0 saturated carbocycles. The van der Waals surface area contributed by atoms with Crippen LogP contribution in [0.4, 0.5) is 22.7 Å². The van der Waals surface area contributed by atoms with Gasteiger partial charge in [0.15, 0.2) is 0 Å². The van der Waals surface area contributed by atoms with E-state index >= 15 is 0 Å². The highest BCUT2D eigenvalue weighted by Crippen LogP contribution is 2.39. The highest BCUT2D eigenvalue weighted by molar-refractivity contribution is 9.10. The van der Waals surface area contributed by atoms with Gasteiger partial charge in [-0.1, -0.05) is 36.4 Å². The van der Waals surface area contributed by atoms with Crippen LogP contribution >= 0.6 is 15.9 Å². The molecular weight excluding hydrogens is 426 g/mol. The van der Waals surface area contributed by atoms with Crippen LogP contribution in [0, 0.1) is 0 Å². The number of pyridine rings is 1. The van der Waals surface area contributed by atoms with Crippen LogP contribution in [-0.2, 0) is 0 Å². The van der Waals surface area contributed by atoms with Gasteiger partial charge in [0.1, 0.15) is 5.75 Å². The van der Waals surface area contributed by atoms with E-state index in [1.54, 1.807) is 13.3 Å². The Labute approximate surface area is 178 Å². The van der Waals surface area contributed by atoms with Gasteiger partial charge in [0, 0.05) is 16.2 Å². The lowest BCUT2D eigenvalue weighted by Gasteiger charge is -2.19. The second kappa shape index (κ2) is 8.80. The van der Waals surface area contributed by atoms with E-state index in [0.29, 0.717) is 0 Å². The van der Waals surface area contributed by atoms with Gasteiger partial charge < -0.3 is 15.4 Å². The van der Waals surface area contributed by atoms with Crippen molar-refractivity contribution in [1.82, 2.24) is 4.98 Å². The van der Waals surface area contributed by atoms with Crippen LogP contribution in [0.2, 0.25) is 0 Å². The van der Waals surface area contributed by atoms with E-state index in [0.717, 1.165) is 44.2 Å². The van der Waals surface area contributed by atoms with Gasteiger partial charge >= 0.3 is 0 Å². The zero-order chi connectivity index (χ0) is 20.1. The maximum absolute atomic E-state index is 5.50. The maximum Gasteiger partial charge on any atom is 0.142 e. The molecule has 0 spiro atoms. The quantitative estimate of drug-likeness (QED) is 0.335. The molecule has 0 fully saturated rings. The molecule has 0 aliphatic carbocycles. The number of rotatable bonds is 6. The summed E-state index contributed by atoms with van der Waals surface area (Å²) in [6.45, 7) is 0. The summed E-state index contributed by atoms with van der Waals surface area (Å²) in [6.07, 6.45) is 1.80. The fraction of sp³-hybridized carbons (Fsp3) is 0.0417. The van der Waals surface area contributed by atoms with E-state index in [1.807, 2.05) is 78.9 Å². The lowest BCUT2D eigenvalue weighted by molar-refractivity contribution is 0.417. The SMILES string of the molecule is COc1ccccc1Nc1cccc(Nc2ccccc2Br)c1-c1ccccn1. The number of halogens is 1. The van der Waals surface area contributed by atoms with Crippen LogP contribution < -0.4 is 15.4 Å². The first-order valence-corrected chi connectivity index (χ1v) is 10.0. The molecule has 0 aliphatic rings. The molecule has 5 heteroatoms. The largest absolute Gasteiger partial charge is 0.495 e. The van der Waals surface area contributed by atoms with Crippen LogP contribution in [0.25, 0.3) is 11.3 Å². The summed E-state index contributed by atoms with van der Waals surface area (Å²) in [5.74, 6) is 0.781. The normalized spacial score (nSPS) is 10.4. The van der Waals surface area contributed by atoms with E-state index in [9.17, 15) is 0 Å². The van der Waals surface area contributed by atoms with Crippen molar-refractivity contribution in [2.45, 2.75) is 0 Å². The van der Waals surface area contributed by atoms with Crippen molar-refractivity contribution < 1.29 is 4.74 Å². The van der Waals surface area contributed by atoms with Crippen molar-refractivity contribution >= 4 is 38.7 Å². The summed E-state index contributed by atoms with van der Waals surface area (Å²) in [7, 11) is 1.67. The van der Waals surface area contributed by atoms with Gasteiger partial charge in [-0.3, -0.25) is 4.98 Å². The van der Waals surface area contributed by atoms with Crippen molar-refractivity contribution in [3.05, 3.63) is 95.6 Å². The first-order chi connectivity index (χ1) is 14.3. The number of hydrogen-bond acceptors (Lipinski definition) is 4. The van der Waals surface area contributed by atoms with Gasteiger partial charge in [-0.2, -0.15) is 0 Å². The molecule has 4 aromatic rings. The molecule has 1 aromatic heterocycles. The van der Waals surface area contributed by atoms with Gasteiger partial charge in [-0.05, 0) is 64.5 Å². The molecular formula is C24H20BrN3O. The molecule has 144 valence electrons. The van der Waals surface area contributed by atoms with E-state index in [4.69, 9.17) is 4.74 Å². The Morgan fingerprint density at radius 2 is 1.31 bits per heavy atom. The number of nitrogens with one attached hydrogen (secondary N) is 2. The third kappa shape index (κ3) is 4.25. The lowest BCUT2D eigenvalue weighted by atomic mass is 10.0. The molecule has 29 heavy (non-hydrogen) atoms. The summed E-state index contributed by atoms with van der Waals surface area (Å²) in [5, 5.41) is 7.05. The highest BCUT2D eigenvalue weighted by Gasteiger charge is 2.14. The van der Waals surface area contributed by atoms with Gasteiger partial charge in [0.05, 0.1) is 35.6 Å². The van der Waals surface area contributed by atoms with Gasteiger partial charge in [0.25, 0.3) is 0 Å². The fourth-order valence-corrected chi connectivity index (χ4v) is 3.53. The van der Waals surface area contributed by atoms with Crippen LogP contribution in [0.3, 0.4) is 0 Å². The molecule has 0 bridgehead atoms. The average Bonchev–Trinajstić information content (AvgIpc) is 2.76. The third-order valence-electron chi connectivity index (χ3n) is 4.50. The Hall–Kier alpha value is -3.31. The molecule has 1 heterocycles. The number of ether oxygens (including phenoxy) is 1. The summed E-state index contributed by atoms with van der Waals surface area (Å²) in [4.78, 5) is 4.60. The van der Waals surface area contributed by atoms with Crippen LogP contribution in [0.5, 0.6) is 5.75 Å². The number of benzene rings is 3. The van der Waals surface area contributed by atoms with Crippen molar-refractivity contribution in [1.29, 1.82) is 0 Å². The van der Waals surface area contributed by atoms with Gasteiger partial charge in [-0.25, -0.2) is 0 Å². The zero-order valence-electron chi connectivity index (χ0n) is 15.9. The molecule has 4 rings (SSSR count). The minimum atomic E-state index is 0.781. The first-order valence-electron chi connectivity index (χ1n) is 9.22. The topological polar surface area (TPSA) is 46.2 Å². The Kier molecular flexibility index (Phi) is 5.77. The lowest BCUT2D eigenvalue weighted by Crippen LogP contribution is -2.01. The van der Waals surface area contributed by atoms with Crippen molar-refractivity contribution in [3.63, 3.8) is 0 Å². The summed E-state index contributed by atoms with van der Waals surface area (Å²) in [6, 6.07) is 27.9. The van der Waals surface area contributed by atoms with Crippen molar-refractivity contribution in [2.24, 2.45) is 0 Å². The molecule has 3 aromatic carbocycles. The monoisotopic (exact) mass is 445 g/mol. The Bertz CT molecular complexity index is 1120. The Balaban J connectivity index is 1.82. The fourth-order valence-electron chi connectivity index (χ4n) is 3.15. The molecule has 0 amide bonds. The minimum absolute atomic E-state index is 0.781. The predicted octanol–water partition coefficient (Wildman–Crippen LogP) is 7.01. The number of para-hydroxylation sites is 3. The standard InChI is InChI=1S/C24H20BrN3O/c1-29-23-15-5-4-11-19(23)28-22-14-8-13-21(24(22)20-12-6-7-16-26-20)27-18-10-3-2-9-17(18)25/h2-16,27-28H,1H3. The summed E-state index contributed by atoms with van der Waals surface area (Å²) >= 11 is 3.62. The van der Waals surface area contributed by atoms with E-state index in [2.05, 4.69) is 37.6 Å². The molecule has 0 radical (unpaired) electrons. The number of nitrogens with zero attached hydrogens (tertiary/aromatic N) is 1. The van der Waals surface area contributed by atoms with Gasteiger partial charge in [0.2, 0.25) is 0 Å². The number of aromatic nitrogens is 1. The molecule has 0 atom stereocenters. The minimum Gasteiger partial charge on any atom is -0.495 e. The average molecular weight is 446 g/mol. The van der Waals surface area contributed by atoms with Crippen molar-refractivity contribution in [2.75, 3.05) is 17.7 Å². The third-order valence-corrected chi connectivity index (χ3v) is 5.20. The second-order valence-electron chi connectivity index (χ2n) is 6.37. The maximum atomic E-state index is 5.50. The van der Waals surface area contributed by atoms with Crippen LogP contribution in [0.15, 0.2) is 95.6 Å².